The van der Waals surface area contributed by atoms with Crippen molar-refractivity contribution >= 4 is 91.9 Å². The number of hydrogen-bond acceptors (Lipinski definition) is 28. The van der Waals surface area contributed by atoms with E-state index in [1.165, 1.54) is 34.2 Å². The number of nitrogens with two attached hydrogens (primary N) is 8. The highest BCUT2D eigenvalue weighted by Gasteiger charge is 2.09. The van der Waals surface area contributed by atoms with Crippen molar-refractivity contribution in [3.8, 4) is 0 Å². The molecule has 0 unspecified atom stereocenters. The molecule has 20 N–H and O–H groups in total. The Hall–Kier alpha value is -12.7. The molecule has 0 saturated heterocycles. The zero-order chi connectivity index (χ0) is 63.1. The molecule has 12 aromatic heterocycles. The van der Waals surface area contributed by atoms with Crippen molar-refractivity contribution in [3.63, 3.8) is 0 Å². The van der Waals surface area contributed by atoms with Crippen LogP contribution in [-0.2, 0) is 56.4 Å². The van der Waals surface area contributed by atoms with Crippen LogP contribution in [0.4, 0.5) is 47.2 Å². The van der Waals surface area contributed by atoms with Gasteiger partial charge in [0, 0.05) is 92.8 Å². The minimum atomic E-state index is -0.455. The van der Waals surface area contributed by atoms with E-state index >= 15 is 0 Å². The Morgan fingerprint density at radius 1 is 0.376 bits per heavy atom. The van der Waals surface area contributed by atoms with Gasteiger partial charge in [0.1, 0.15) is 23.0 Å². The van der Waals surface area contributed by atoms with E-state index in [4.69, 9.17) is 45.9 Å². The predicted octanol–water partition coefficient (Wildman–Crippen LogP) is -5.29. The number of anilines is 8. The zero-order valence-electron chi connectivity index (χ0n) is 46.7. The Kier molecular flexibility index (Phi) is 20.4. The van der Waals surface area contributed by atoms with Gasteiger partial charge in [0.15, 0.2) is 39.1 Å². The monoisotopic (exact) mass is 1170 g/mol. The molecule has 40 heteroatoms. The van der Waals surface area contributed by atoms with Crippen molar-refractivity contribution in [1.29, 1.82) is 0 Å². The van der Waals surface area contributed by atoms with E-state index in [9.17, 15) is 38.4 Å². The van der Waals surface area contributed by atoms with Crippen molar-refractivity contribution in [3.05, 3.63) is 157 Å². The Morgan fingerprint density at radius 3 is 1.07 bits per heavy atom. The van der Waals surface area contributed by atoms with Crippen LogP contribution in [0.3, 0.4) is 0 Å². The lowest BCUT2D eigenvalue weighted by molar-refractivity contribution is 0.814. The molecule has 12 rings (SSSR count). The third-order valence-electron chi connectivity index (χ3n) is 10.7. The second-order valence-electron chi connectivity index (χ2n) is 17.3. The van der Waals surface area contributed by atoms with Gasteiger partial charge in [-0.25, -0.2) is 34.3 Å². The summed E-state index contributed by atoms with van der Waals surface area (Å²) in [7, 11) is 13.7. The van der Waals surface area contributed by atoms with Crippen molar-refractivity contribution in [2.45, 2.75) is 6.92 Å². The average Bonchev–Trinajstić information content (AvgIpc) is 3.42. The number of nitrogen functional groups attached to an aromatic ring is 8. The summed E-state index contributed by atoms with van der Waals surface area (Å²) in [6.45, 7) is 1.70. The summed E-state index contributed by atoms with van der Waals surface area (Å²) in [5.74, 6) is 1.59. The number of H-pyrrole nitrogens is 4. The molecular weight excluding hydrogens is 1120 g/mol. The molecule has 12 heterocycles. The topological polar surface area (TPSA) is 602 Å². The van der Waals surface area contributed by atoms with Gasteiger partial charge in [-0.05, 0) is 19.1 Å². The lowest BCUT2D eigenvalue weighted by Gasteiger charge is -2.00. The third kappa shape index (κ3) is 16.9. The number of rotatable bonds is 0. The molecule has 12 aromatic rings. The van der Waals surface area contributed by atoms with E-state index in [1.54, 1.807) is 134 Å². The zero-order valence-corrected chi connectivity index (χ0v) is 46.7. The van der Waals surface area contributed by atoms with Gasteiger partial charge in [-0.3, -0.25) is 43.9 Å². The maximum Gasteiger partial charge on any atom is 0.349 e. The SMILES string of the molecule is Cc1cn(C)c(N)nc1=O.Cn1ccc(=O)nc1N.Cn1ccc(N)nc1=O.Cn1ccc(N)nc1=O.Cn1cnc2c(=O)[nH]c(N)nc21.Cn1cnc2c(=O)[nH]c(N)nc21.Cn1cnc2c(=O)[nH]c(N)nc21.Cn1cnc2c(N)[nH]c(=O)nc21. The van der Waals surface area contributed by atoms with Crippen molar-refractivity contribution < 1.29 is 0 Å². The molecule has 0 bridgehead atoms. The summed E-state index contributed by atoms with van der Waals surface area (Å²) in [4.78, 5) is 141. The average molecular weight is 1180 g/mol. The molecule has 0 radical (unpaired) electrons. The fourth-order valence-electron chi connectivity index (χ4n) is 6.27. The third-order valence-corrected chi connectivity index (χ3v) is 10.7. The van der Waals surface area contributed by atoms with Gasteiger partial charge in [-0.15, -0.1) is 0 Å². The molecule has 0 aliphatic rings. The predicted molar refractivity (Wildman–Crippen MR) is 314 cm³/mol. The van der Waals surface area contributed by atoms with Gasteiger partial charge < -0.3 is 82.4 Å². The molecule has 0 aliphatic carbocycles. The lowest BCUT2D eigenvalue weighted by Crippen LogP contribution is -2.19. The number of imidazole rings is 4. The summed E-state index contributed by atoms with van der Waals surface area (Å²) in [5.41, 5.74) is 44.0. The van der Waals surface area contributed by atoms with Crippen LogP contribution in [0.1, 0.15) is 5.56 Å². The van der Waals surface area contributed by atoms with Crippen LogP contribution in [0.2, 0.25) is 0 Å². The van der Waals surface area contributed by atoms with Crippen molar-refractivity contribution in [1.82, 2.24) is 116 Å². The van der Waals surface area contributed by atoms with E-state index in [1.807, 2.05) is 0 Å². The maximum atomic E-state index is 11.2. The summed E-state index contributed by atoms with van der Waals surface area (Å²) in [6.07, 6.45) is 12.5. The Bertz CT molecular complexity index is 4540. The smallest absolute Gasteiger partial charge is 0.349 e. The quantitative estimate of drug-likeness (QED) is 0.0675. The summed E-state index contributed by atoms with van der Waals surface area (Å²) >= 11 is 0. The molecule has 0 amide bonds. The second kappa shape index (κ2) is 27.5. The number of aromatic nitrogens is 24. The highest BCUT2D eigenvalue weighted by Crippen LogP contribution is 2.11. The van der Waals surface area contributed by atoms with Gasteiger partial charge in [0.2, 0.25) is 29.7 Å². The Balaban J connectivity index is 0.000000178. The minimum absolute atomic E-state index is 0.108. The normalized spacial score (nSPS) is 10.2. The standard InChI is InChI=1S/4C6H7N5O.C6H9N3O.3C5H7N3O/c3*1-11-2-8-3-4(11)9-6(7)10-5(3)12;1-11-2-8-3-4(7)9-6(12)10-5(3)11;1-4-3-9(2)6(7)8-5(4)10;1-8-3-2-4(9)7-5(8)6;2*1-8-3-2-4(6)7-5(8)9/h4*2H,1H3,(H3,7,9,10,12);3H,1-2H3,(H2,7,8,10);3*2-3H,1H3,(H2,6,7,9). The van der Waals surface area contributed by atoms with Gasteiger partial charge in [-0.1, -0.05) is 0 Å². The minimum Gasteiger partial charge on any atom is -0.383 e. The van der Waals surface area contributed by atoms with Gasteiger partial charge in [-0.2, -0.15) is 39.9 Å². The summed E-state index contributed by atoms with van der Waals surface area (Å²) in [5, 5.41) is 0. The largest absolute Gasteiger partial charge is 0.383 e. The first kappa shape index (κ1) is 63.2. The lowest BCUT2D eigenvalue weighted by atomic mass is 10.4. The van der Waals surface area contributed by atoms with Gasteiger partial charge in [0.25, 0.3) is 27.8 Å². The highest BCUT2D eigenvalue weighted by molar-refractivity contribution is 5.81. The van der Waals surface area contributed by atoms with Crippen LogP contribution >= 0.6 is 0 Å². The molecule has 0 fully saturated rings. The van der Waals surface area contributed by atoms with Crippen LogP contribution in [0.15, 0.2) is 107 Å². The number of hydrogen-bond donors (Lipinski definition) is 12. The molecule has 0 aliphatic heterocycles. The number of nitrogens with zero attached hydrogens (tertiary/aromatic N) is 20. The van der Waals surface area contributed by atoms with Gasteiger partial charge >= 0.3 is 17.1 Å². The molecule has 446 valence electrons. The fourth-order valence-corrected chi connectivity index (χ4v) is 6.27. The number of fused-ring (bicyclic) bond motifs is 4. The van der Waals surface area contributed by atoms with Crippen LogP contribution in [0.5, 0.6) is 0 Å². The summed E-state index contributed by atoms with van der Waals surface area (Å²) in [6, 6.07) is 4.50. The highest BCUT2D eigenvalue weighted by atomic mass is 16.2. The first-order valence-electron chi connectivity index (χ1n) is 23.8. The summed E-state index contributed by atoms with van der Waals surface area (Å²) < 4.78 is 12.5. The number of aromatic amines is 4. The Labute approximate surface area is 473 Å². The molecular formula is C45H58N32O8. The number of nitrogens with one attached hydrogen (secondary N) is 4. The van der Waals surface area contributed by atoms with E-state index in [0.29, 0.717) is 50.2 Å². The molecule has 0 atom stereocenters. The second-order valence-corrected chi connectivity index (χ2v) is 17.3. The molecule has 0 aromatic carbocycles. The fraction of sp³-hybridized carbons (Fsp3) is 0.200. The molecule has 85 heavy (non-hydrogen) atoms. The first-order valence-corrected chi connectivity index (χ1v) is 23.8. The molecule has 0 spiro atoms. The maximum absolute atomic E-state index is 11.2. The number of aryl methyl sites for hydroxylation is 9. The molecule has 40 nitrogen and oxygen atoms in total. The van der Waals surface area contributed by atoms with Crippen molar-refractivity contribution in [2.24, 2.45) is 56.4 Å². The van der Waals surface area contributed by atoms with Crippen LogP contribution in [0, 0.1) is 6.92 Å². The van der Waals surface area contributed by atoms with Crippen molar-refractivity contribution in [2.75, 3.05) is 45.9 Å². The van der Waals surface area contributed by atoms with E-state index < -0.39 is 5.69 Å². The molecule has 0 saturated carbocycles. The van der Waals surface area contributed by atoms with E-state index in [-0.39, 0.29) is 86.4 Å². The van der Waals surface area contributed by atoms with E-state index in [0.717, 1.165) is 0 Å². The van der Waals surface area contributed by atoms with Crippen LogP contribution in [0.25, 0.3) is 44.7 Å². The van der Waals surface area contributed by atoms with Crippen LogP contribution < -0.4 is 90.7 Å². The van der Waals surface area contributed by atoms with Gasteiger partial charge in [0.05, 0.1) is 25.3 Å². The Morgan fingerprint density at radius 2 is 0.729 bits per heavy atom. The first-order chi connectivity index (χ1) is 39.9. The van der Waals surface area contributed by atoms with Crippen LogP contribution in [-0.4, -0.2) is 116 Å². The van der Waals surface area contributed by atoms with E-state index in [2.05, 4.69) is 79.7 Å².